The molecule has 2 aromatic carbocycles. The van der Waals surface area contributed by atoms with Crippen LogP contribution in [0.1, 0.15) is 17.2 Å². The Hall–Kier alpha value is -1.69. The molecule has 0 saturated heterocycles. The molecule has 0 aliphatic carbocycles. The summed E-state index contributed by atoms with van der Waals surface area (Å²) in [6, 6.07) is 7.26. The van der Waals surface area contributed by atoms with E-state index in [0.29, 0.717) is 11.3 Å². The Morgan fingerprint density at radius 2 is 1.79 bits per heavy atom. The normalized spacial score (nSPS) is 12.4. The number of hydrogen-bond donors (Lipinski definition) is 3. The van der Waals surface area contributed by atoms with E-state index in [1.165, 1.54) is 30.3 Å². The van der Waals surface area contributed by atoms with E-state index in [2.05, 4.69) is 5.43 Å². The summed E-state index contributed by atoms with van der Waals surface area (Å²) in [5.41, 5.74) is 9.13. The number of hydrazine groups is 1. The highest BCUT2D eigenvalue weighted by atomic mass is 35.5. The molecule has 19 heavy (non-hydrogen) atoms. The summed E-state index contributed by atoms with van der Waals surface area (Å²) in [7, 11) is 0. The average Bonchev–Trinajstić information content (AvgIpc) is 2.36. The van der Waals surface area contributed by atoms with E-state index in [1.807, 2.05) is 0 Å². The quantitative estimate of drug-likeness (QED) is 0.461. The Morgan fingerprint density at radius 3 is 2.42 bits per heavy atom. The van der Waals surface area contributed by atoms with Gasteiger partial charge in [-0.05, 0) is 30.3 Å². The fourth-order valence-electron chi connectivity index (χ4n) is 1.88. The van der Waals surface area contributed by atoms with Crippen molar-refractivity contribution < 1.29 is 8.78 Å². The minimum Gasteiger partial charge on any atom is -0.398 e. The second-order valence-corrected chi connectivity index (χ2v) is 4.48. The molecule has 3 nitrogen and oxygen atoms in total. The highest BCUT2D eigenvalue weighted by Crippen LogP contribution is 2.29. The number of hydrogen-bond acceptors (Lipinski definition) is 3. The maximum Gasteiger partial charge on any atom is 0.129 e. The molecule has 0 radical (unpaired) electrons. The number of nitrogen functional groups attached to an aromatic ring is 1. The van der Waals surface area contributed by atoms with Gasteiger partial charge in [-0.2, -0.15) is 0 Å². The third-order valence-corrected chi connectivity index (χ3v) is 3.04. The largest absolute Gasteiger partial charge is 0.398 e. The van der Waals surface area contributed by atoms with Crippen LogP contribution in [-0.2, 0) is 0 Å². The van der Waals surface area contributed by atoms with Crippen LogP contribution in [0.3, 0.4) is 0 Å². The van der Waals surface area contributed by atoms with Gasteiger partial charge in [0.15, 0.2) is 0 Å². The first-order valence-corrected chi connectivity index (χ1v) is 5.86. The molecule has 0 aliphatic heterocycles. The summed E-state index contributed by atoms with van der Waals surface area (Å²) < 4.78 is 27.2. The molecule has 0 aliphatic rings. The Bertz CT molecular complexity index is 604. The second kappa shape index (κ2) is 5.52. The number of nitrogens with two attached hydrogens (primary N) is 2. The summed E-state index contributed by atoms with van der Waals surface area (Å²) in [5, 5.41) is 0.268. The predicted molar refractivity (Wildman–Crippen MR) is 71.4 cm³/mol. The number of benzene rings is 2. The highest BCUT2D eigenvalue weighted by Gasteiger charge is 2.19. The number of halogens is 3. The van der Waals surface area contributed by atoms with Crippen molar-refractivity contribution in [1.29, 1.82) is 0 Å². The molecule has 0 saturated carbocycles. The summed E-state index contributed by atoms with van der Waals surface area (Å²) in [5.74, 6) is 4.42. The fraction of sp³-hybridized carbons (Fsp3) is 0.0769. The SMILES string of the molecule is NNC(c1cc(F)ccc1N)c1ccc(Cl)cc1F. The van der Waals surface area contributed by atoms with Crippen molar-refractivity contribution in [2.75, 3.05) is 5.73 Å². The topological polar surface area (TPSA) is 64.1 Å². The molecule has 2 aromatic rings. The van der Waals surface area contributed by atoms with Crippen molar-refractivity contribution in [3.8, 4) is 0 Å². The zero-order chi connectivity index (χ0) is 14.0. The van der Waals surface area contributed by atoms with E-state index in [-0.39, 0.29) is 10.6 Å². The lowest BCUT2D eigenvalue weighted by Crippen LogP contribution is -2.30. The standard InChI is InChI=1S/C13H12ClF2N3/c14-7-1-3-9(11(16)5-7)13(19-18)10-6-8(15)2-4-12(10)17/h1-6,13,19H,17-18H2. The minimum atomic E-state index is -0.757. The lowest BCUT2D eigenvalue weighted by Gasteiger charge is -2.19. The van der Waals surface area contributed by atoms with Crippen molar-refractivity contribution in [2.24, 2.45) is 5.84 Å². The molecule has 0 heterocycles. The summed E-state index contributed by atoms with van der Waals surface area (Å²) >= 11 is 5.69. The maximum absolute atomic E-state index is 13.9. The third kappa shape index (κ3) is 2.84. The summed E-state index contributed by atoms with van der Waals surface area (Å²) in [4.78, 5) is 0. The summed E-state index contributed by atoms with van der Waals surface area (Å²) in [6.07, 6.45) is 0. The van der Waals surface area contributed by atoms with E-state index in [4.69, 9.17) is 23.2 Å². The van der Waals surface area contributed by atoms with Crippen molar-refractivity contribution >= 4 is 17.3 Å². The van der Waals surface area contributed by atoms with Gasteiger partial charge in [-0.25, -0.2) is 14.2 Å². The monoisotopic (exact) mass is 283 g/mol. The van der Waals surface area contributed by atoms with Gasteiger partial charge in [0.05, 0.1) is 6.04 Å². The highest BCUT2D eigenvalue weighted by molar-refractivity contribution is 6.30. The van der Waals surface area contributed by atoms with Gasteiger partial charge in [-0.3, -0.25) is 5.84 Å². The van der Waals surface area contributed by atoms with Crippen LogP contribution < -0.4 is 17.0 Å². The number of nitrogens with one attached hydrogen (secondary N) is 1. The zero-order valence-corrected chi connectivity index (χ0v) is 10.6. The van der Waals surface area contributed by atoms with Gasteiger partial charge in [0.2, 0.25) is 0 Å². The number of anilines is 1. The van der Waals surface area contributed by atoms with Crippen LogP contribution in [0, 0.1) is 11.6 Å². The molecule has 100 valence electrons. The van der Waals surface area contributed by atoms with Crippen LogP contribution in [0.15, 0.2) is 36.4 Å². The molecule has 6 heteroatoms. The minimum absolute atomic E-state index is 0.240. The lowest BCUT2D eigenvalue weighted by molar-refractivity contribution is 0.556. The molecule has 0 amide bonds. The van der Waals surface area contributed by atoms with E-state index >= 15 is 0 Å². The van der Waals surface area contributed by atoms with E-state index in [1.54, 1.807) is 0 Å². The van der Waals surface area contributed by atoms with Crippen LogP contribution in [0.2, 0.25) is 5.02 Å². The first kappa shape index (κ1) is 13.7. The van der Waals surface area contributed by atoms with Gasteiger partial charge < -0.3 is 5.73 Å². The molecule has 0 bridgehead atoms. The van der Waals surface area contributed by atoms with Gasteiger partial charge in [-0.1, -0.05) is 17.7 Å². The summed E-state index contributed by atoms with van der Waals surface area (Å²) in [6.45, 7) is 0. The molecule has 0 fully saturated rings. The molecular weight excluding hydrogens is 272 g/mol. The smallest absolute Gasteiger partial charge is 0.129 e. The van der Waals surface area contributed by atoms with E-state index in [0.717, 1.165) is 6.07 Å². The first-order chi connectivity index (χ1) is 9.02. The van der Waals surface area contributed by atoms with Gasteiger partial charge in [-0.15, -0.1) is 0 Å². The Labute approximate surface area is 114 Å². The zero-order valence-electron chi connectivity index (χ0n) is 9.83. The Balaban J connectivity index is 2.52. The lowest BCUT2D eigenvalue weighted by atomic mass is 9.97. The van der Waals surface area contributed by atoms with Gasteiger partial charge in [0.25, 0.3) is 0 Å². The van der Waals surface area contributed by atoms with Crippen molar-refractivity contribution in [1.82, 2.24) is 5.43 Å². The van der Waals surface area contributed by atoms with E-state index in [9.17, 15) is 8.78 Å². The molecular formula is C13H12ClF2N3. The average molecular weight is 284 g/mol. The molecule has 5 N–H and O–H groups in total. The molecule has 0 spiro atoms. The first-order valence-electron chi connectivity index (χ1n) is 5.49. The number of rotatable bonds is 3. The van der Waals surface area contributed by atoms with Crippen molar-refractivity contribution in [3.63, 3.8) is 0 Å². The van der Waals surface area contributed by atoms with Crippen LogP contribution in [0.5, 0.6) is 0 Å². The van der Waals surface area contributed by atoms with Crippen LogP contribution >= 0.6 is 11.6 Å². The van der Waals surface area contributed by atoms with Crippen LogP contribution in [0.4, 0.5) is 14.5 Å². The second-order valence-electron chi connectivity index (χ2n) is 4.04. The van der Waals surface area contributed by atoms with Gasteiger partial charge >= 0.3 is 0 Å². The van der Waals surface area contributed by atoms with E-state index < -0.39 is 17.7 Å². The predicted octanol–water partition coefficient (Wildman–Crippen LogP) is 2.75. The molecule has 1 atom stereocenters. The van der Waals surface area contributed by atoms with Gasteiger partial charge in [0, 0.05) is 21.8 Å². The van der Waals surface area contributed by atoms with Crippen LogP contribution in [0.25, 0.3) is 0 Å². The fourth-order valence-corrected chi connectivity index (χ4v) is 2.04. The Kier molecular flexibility index (Phi) is 3.99. The van der Waals surface area contributed by atoms with Crippen molar-refractivity contribution in [3.05, 3.63) is 64.2 Å². The third-order valence-electron chi connectivity index (χ3n) is 2.80. The Morgan fingerprint density at radius 1 is 1.05 bits per heavy atom. The van der Waals surface area contributed by atoms with Gasteiger partial charge in [0.1, 0.15) is 11.6 Å². The molecule has 1 unspecified atom stereocenters. The maximum atomic E-state index is 13.9. The van der Waals surface area contributed by atoms with Crippen molar-refractivity contribution in [2.45, 2.75) is 6.04 Å². The molecule has 0 aromatic heterocycles. The molecule has 2 rings (SSSR count). The van der Waals surface area contributed by atoms with Crippen LogP contribution in [-0.4, -0.2) is 0 Å².